The molecule has 5 aromatic rings. The monoisotopic (exact) mass is 504 g/mol. The molecule has 2 aliphatic rings. The number of amides is 1. The third-order valence-corrected chi connectivity index (χ3v) is 8.01. The zero-order valence-electron chi connectivity index (χ0n) is 20.9. The van der Waals surface area contributed by atoms with Crippen molar-refractivity contribution in [2.45, 2.75) is 24.8 Å². The molecule has 2 fully saturated rings. The smallest absolute Gasteiger partial charge is 0.209 e. The fourth-order valence-corrected chi connectivity index (χ4v) is 5.78. The molecule has 0 bridgehead atoms. The van der Waals surface area contributed by atoms with Crippen molar-refractivity contribution in [1.29, 1.82) is 0 Å². The van der Waals surface area contributed by atoms with E-state index in [-0.39, 0.29) is 0 Å². The third-order valence-electron chi connectivity index (χ3n) is 8.01. The molecule has 3 aromatic heterocycles. The highest BCUT2D eigenvalue weighted by Gasteiger charge is 2.38. The van der Waals surface area contributed by atoms with Gasteiger partial charge in [0.05, 0.1) is 11.2 Å². The number of benzene rings is 2. The van der Waals surface area contributed by atoms with Gasteiger partial charge in [0.25, 0.3) is 0 Å². The third kappa shape index (κ3) is 3.86. The average molecular weight is 505 g/mol. The van der Waals surface area contributed by atoms with Crippen LogP contribution in [0.5, 0.6) is 0 Å². The summed E-state index contributed by atoms with van der Waals surface area (Å²) in [5, 5.41) is 5.62. The Morgan fingerprint density at radius 2 is 1.68 bits per heavy atom. The Hall–Kier alpha value is -4.37. The van der Waals surface area contributed by atoms with Gasteiger partial charge in [-0.05, 0) is 25.0 Å². The van der Waals surface area contributed by atoms with E-state index in [9.17, 15) is 4.79 Å². The van der Waals surface area contributed by atoms with E-state index in [4.69, 9.17) is 15.7 Å². The zero-order valence-corrected chi connectivity index (χ0v) is 20.9. The number of nitrogens with zero attached hydrogens (tertiary/aromatic N) is 7. The lowest BCUT2D eigenvalue weighted by molar-refractivity contribution is -0.120. The highest BCUT2D eigenvalue weighted by molar-refractivity contribution is 5.91. The molecule has 0 atom stereocenters. The molecular formula is C29H28N8O. The lowest BCUT2D eigenvalue weighted by atomic mass is 9.78. The number of piperazine rings is 1. The van der Waals surface area contributed by atoms with E-state index in [1.807, 2.05) is 27.6 Å². The Bertz CT molecular complexity index is 1640. The molecule has 0 spiro atoms. The lowest BCUT2D eigenvalue weighted by Crippen LogP contribution is -2.53. The second-order valence-corrected chi connectivity index (χ2v) is 10.2. The topological polar surface area (TPSA) is 106 Å². The van der Waals surface area contributed by atoms with Crippen LogP contribution in [-0.4, -0.2) is 73.0 Å². The van der Waals surface area contributed by atoms with E-state index in [2.05, 4.69) is 57.4 Å². The van der Waals surface area contributed by atoms with Crippen LogP contribution in [0.4, 0.5) is 5.82 Å². The first-order valence-electron chi connectivity index (χ1n) is 13.1. The molecule has 38 heavy (non-hydrogen) atoms. The fourth-order valence-electron chi connectivity index (χ4n) is 5.78. The minimum absolute atomic E-state index is 0.294. The van der Waals surface area contributed by atoms with E-state index >= 15 is 0 Å². The maximum Gasteiger partial charge on any atom is 0.209 e. The summed E-state index contributed by atoms with van der Waals surface area (Å²) in [6.07, 6.45) is 4.49. The van der Waals surface area contributed by atoms with Crippen LogP contribution in [0, 0.1) is 0 Å². The number of carbonyl (C=O) groups is 1. The zero-order chi connectivity index (χ0) is 25.6. The van der Waals surface area contributed by atoms with Crippen molar-refractivity contribution in [3.63, 3.8) is 0 Å². The van der Waals surface area contributed by atoms with Crippen LogP contribution in [0.1, 0.15) is 24.6 Å². The quantitative estimate of drug-likeness (QED) is 0.365. The number of fused-ring (bicyclic) bond motifs is 2. The highest BCUT2D eigenvalue weighted by atomic mass is 16.1. The van der Waals surface area contributed by atoms with E-state index < -0.39 is 0 Å². The Balaban J connectivity index is 1.22. The highest BCUT2D eigenvalue weighted by Crippen LogP contribution is 2.42. The van der Waals surface area contributed by atoms with Crippen LogP contribution in [0.15, 0.2) is 67.0 Å². The molecule has 9 nitrogen and oxygen atoms in total. The van der Waals surface area contributed by atoms with Crippen molar-refractivity contribution in [2.75, 3.05) is 31.9 Å². The maximum atomic E-state index is 11.1. The Labute approximate surface area is 219 Å². The van der Waals surface area contributed by atoms with Crippen LogP contribution in [-0.2, 0) is 4.79 Å². The molecule has 9 heteroatoms. The Morgan fingerprint density at radius 1 is 0.895 bits per heavy atom. The molecule has 1 amide bonds. The molecule has 1 aliphatic carbocycles. The Kier molecular flexibility index (Phi) is 5.51. The van der Waals surface area contributed by atoms with Gasteiger partial charge < -0.3 is 10.6 Å². The van der Waals surface area contributed by atoms with E-state index in [1.165, 1.54) is 6.33 Å². The van der Waals surface area contributed by atoms with Gasteiger partial charge in [-0.1, -0.05) is 48.5 Å². The van der Waals surface area contributed by atoms with Crippen LogP contribution in [0.3, 0.4) is 0 Å². The van der Waals surface area contributed by atoms with Gasteiger partial charge in [0.2, 0.25) is 6.41 Å². The standard InChI is InChI=1S/C29H28N8O/c30-28-27-26(21-7-6-20-8-9-24(33-25(20)16-21)19-4-2-1-3-5-19)34-29(37(27)32-17-31-28)22-14-23(15-22)36-12-10-35(18-38)11-13-36/h1-9,16-18,22-23H,10-15H2,(H2,30,31,32). The van der Waals surface area contributed by atoms with Crippen LogP contribution in [0.2, 0.25) is 0 Å². The molecule has 7 rings (SSSR count). The van der Waals surface area contributed by atoms with Crippen molar-refractivity contribution in [3.8, 4) is 22.5 Å². The summed E-state index contributed by atoms with van der Waals surface area (Å²) in [4.78, 5) is 29.7. The average Bonchev–Trinajstić information content (AvgIpc) is 3.33. The van der Waals surface area contributed by atoms with Gasteiger partial charge in [0.1, 0.15) is 23.4 Å². The van der Waals surface area contributed by atoms with Crippen molar-refractivity contribution in [2.24, 2.45) is 0 Å². The minimum atomic E-state index is 0.294. The molecule has 0 unspecified atom stereocenters. The summed E-state index contributed by atoms with van der Waals surface area (Å²) in [5.74, 6) is 1.64. The first kappa shape index (κ1) is 22.8. The van der Waals surface area contributed by atoms with Crippen molar-refractivity contribution >= 4 is 28.6 Å². The van der Waals surface area contributed by atoms with Gasteiger partial charge in [-0.25, -0.2) is 19.5 Å². The van der Waals surface area contributed by atoms with Crippen molar-refractivity contribution in [3.05, 3.63) is 72.8 Å². The summed E-state index contributed by atoms with van der Waals surface area (Å²) in [7, 11) is 0. The number of rotatable bonds is 5. The number of pyridine rings is 1. The molecular weight excluding hydrogens is 476 g/mol. The number of imidazole rings is 1. The van der Waals surface area contributed by atoms with Crippen LogP contribution in [0.25, 0.3) is 38.9 Å². The van der Waals surface area contributed by atoms with E-state index in [0.29, 0.717) is 17.8 Å². The number of nitrogen functional groups attached to an aromatic ring is 1. The van der Waals surface area contributed by atoms with Gasteiger partial charge in [-0.15, -0.1) is 0 Å². The number of carbonyl (C=O) groups excluding carboxylic acids is 1. The van der Waals surface area contributed by atoms with E-state index in [0.717, 1.165) is 90.2 Å². The number of anilines is 1. The number of hydrogen-bond donors (Lipinski definition) is 1. The first-order chi connectivity index (χ1) is 18.7. The molecule has 2 N–H and O–H groups in total. The molecule has 4 heterocycles. The largest absolute Gasteiger partial charge is 0.382 e. The SMILES string of the molecule is Nc1ncnn2c(C3CC(N4CCN(C=O)CC4)C3)nc(-c3ccc4ccc(-c5ccccc5)nc4c3)c12. The van der Waals surface area contributed by atoms with Gasteiger partial charge in [-0.3, -0.25) is 9.69 Å². The summed E-state index contributed by atoms with van der Waals surface area (Å²) < 4.78 is 1.88. The van der Waals surface area contributed by atoms with Crippen molar-refractivity contribution < 1.29 is 4.79 Å². The normalized spacial score (nSPS) is 20.1. The molecule has 0 radical (unpaired) electrons. The summed E-state index contributed by atoms with van der Waals surface area (Å²) >= 11 is 0. The second-order valence-electron chi connectivity index (χ2n) is 10.2. The van der Waals surface area contributed by atoms with Crippen LogP contribution >= 0.6 is 0 Å². The molecule has 190 valence electrons. The molecule has 1 saturated heterocycles. The predicted molar refractivity (Wildman–Crippen MR) is 146 cm³/mol. The number of nitrogens with two attached hydrogens (primary N) is 1. The molecule has 1 aliphatic heterocycles. The maximum absolute atomic E-state index is 11.1. The fraction of sp³-hybridized carbons (Fsp3) is 0.276. The summed E-state index contributed by atoms with van der Waals surface area (Å²) in [6, 6.07) is 21.1. The summed E-state index contributed by atoms with van der Waals surface area (Å²) in [6.45, 7) is 3.45. The van der Waals surface area contributed by atoms with Gasteiger partial charge in [0.15, 0.2) is 5.82 Å². The van der Waals surface area contributed by atoms with Gasteiger partial charge >= 0.3 is 0 Å². The first-order valence-corrected chi connectivity index (χ1v) is 13.1. The minimum Gasteiger partial charge on any atom is -0.382 e. The van der Waals surface area contributed by atoms with Gasteiger partial charge in [0, 0.05) is 54.7 Å². The lowest BCUT2D eigenvalue weighted by Gasteiger charge is -2.45. The molecule has 1 saturated carbocycles. The number of hydrogen-bond acceptors (Lipinski definition) is 7. The Morgan fingerprint density at radius 3 is 2.47 bits per heavy atom. The molecule has 2 aromatic carbocycles. The predicted octanol–water partition coefficient (Wildman–Crippen LogP) is 3.61. The second kappa shape index (κ2) is 9.18. The van der Waals surface area contributed by atoms with Gasteiger partial charge in [-0.2, -0.15) is 5.10 Å². The van der Waals surface area contributed by atoms with Crippen LogP contribution < -0.4 is 5.73 Å². The number of aromatic nitrogens is 5. The van der Waals surface area contributed by atoms with E-state index in [1.54, 1.807) is 0 Å². The van der Waals surface area contributed by atoms with Crippen molar-refractivity contribution in [1.82, 2.24) is 34.4 Å². The summed E-state index contributed by atoms with van der Waals surface area (Å²) in [5.41, 5.74) is 11.8.